The standard InChI is InChI=1S/C20H22N2O3/c1-2-25-20(24)21-16-10-5-9-15(13-16)19(23)22-18-12-6-8-14-7-3-4-11-17(14)18/h5-6,8-10,12-13H,2-4,7,11H2,1H3,(H,21,24)(H,22,23). The Morgan fingerprint density at radius 1 is 1.04 bits per heavy atom. The maximum atomic E-state index is 12.6. The lowest BCUT2D eigenvalue weighted by Crippen LogP contribution is -2.17. The van der Waals surface area contributed by atoms with Crippen LogP contribution < -0.4 is 10.6 Å². The lowest BCUT2D eigenvalue weighted by Gasteiger charge is -2.19. The maximum absolute atomic E-state index is 12.6. The van der Waals surface area contributed by atoms with Gasteiger partial charge in [-0.2, -0.15) is 0 Å². The molecule has 1 aliphatic carbocycles. The van der Waals surface area contributed by atoms with Crippen LogP contribution in [0.15, 0.2) is 42.5 Å². The fourth-order valence-corrected chi connectivity index (χ4v) is 3.12. The number of amides is 2. The van der Waals surface area contributed by atoms with E-state index in [0.29, 0.717) is 17.9 Å². The summed E-state index contributed by atoms with van der Waals surface area (Å²) in [5, 5.41) is 5.62. The number of fused-ring (bicyclic) bond motifs is 1. The third-order valence-corrected chi connectivity index (χ3v) is 4.29. The van der Waals surface area contributed by atoms with Crippen LogP contribution in [0.1, 0.15) is 41.3 Å². The first-order valence-corrected chi connectivity index (χ1v) is 8.63. The zero-order chi connectivity index (χ0) is 17.6. The Morgan fingerprint density at radius 3 is 2.68 bits per heavy atom. The van der Waals surface area contributed by atoms with E-state index < -0.39 is 6.09 Å². The molecular weight excluding hydrogens is 316 g/mol. The predicted octanol–water partition coefficient (Wildman–Crippen LogP) is 4.39. The van der Waals surface area contributed by atoms with E-state index in [0.717, 1.165) is 24.9 Å². The van der Waals surface area contributed by atoms with Gasteiger partial charge in [-0.3, -0.25) is 10.1 Å². The number of aryl methyl sites for hydroxylation is 1. The molecule has 0 heterocycles. The van der Waals surface area contributed by atoms with Gasteiger partial charge >= 0.3 is 6.09 Å². The van der Waals surface area contributed by atoms with Crippen molar-refractivity contribution in [1.29, 1.82) is 0 Å². The Kier molecular flexibility index (Phi) is 5.33. The number of anilines is 2. The fourth-order valence-electron chi connectivity index (χ4n) is 3.12. The molecule has 0 radical (unpaired) electrons. The van der Waals surface area contributed by atoms with E-state index in [1.54, 1.807) is 31.2 Å². The minimum atomic E-state index is -0.530. The van der Waals surface area contributed by atoms with E-state index in [9.17, 15) is 9.59 Å². The molecule has 130 valence electrons. The Balaban J connectivity index is 1.75. The van der Waals surface area contributed by atoms with E-state index in [1.165, 1.54) is 17.5 Å². The summed E-state index contributed by atoms with van der Waals surface area (Å²) in [6, 6.07) is 12.9. The van der Waals surface area contributed by atoms with Crippen molar-refractivity contribution in [2.75, 3.05) is 17.2 Å². The molecule has 0 atom stereocenters. The molecule has 1 aliphatic rings. The normalized spacial score (nSPS) is 12.8. The second kappa shape index (κ2) is 7.83. The molecule has 0 fully saturated rings. The molecule has 2 amide bonds. The van der Waals surface area contributed by atoms with Gasteiger partial charge in [-0.25, -0.2) is 4.79 Å². The highest BCUT2D eigenvalue weighted by Crippen LogP contribution is 2.28. The molecule has 0 saturated carbocycles. The number of nitrogens with one attached hydrogen (secondary N) is 2. The average Bonchev–Trinajstić information content (AvgIpc) is 2.62. The van der Waals surface area contributed by atoms with Gasteiger partial charge in [0.05, 0.1) is 6.61 Å². The molecule has 0 aliphatic heterocycles. The molecule has 2 N–H and O–H groups in total. The molecular formula is C20H22N2O3. The number of carbonyl (C=O) groups is 2. The van der Waals surface area contributed by atoms with Crippen LogP contribution in [0.5, 0.6) is 0 Å². The summed E-state index contributed by atoms with van der Waals surface area (Å²) in [6.07, 6.45) is 3.89. The smallest absolute Gasteiger partial charge is 0.411 e. The molecule has 2 aromatic carbocycles. The first-order valence-electron chi connectivity index (χ1n) is 8.63. The van der Waals surface area contributed by atoms with Gasteiger partial charge in [-0.05, 0) is 68.0 Å². The van der Waals surface area contributed by atoms with E-state index in [1.807, 2.05) is 12.1 Å². The number of rotatable bonds is 4. The first kappa shape index (κ1) is 17.0. The van der Waals surface area contributed by atoms with Crippen molar-refractivity contribution >= 4 is 23.4 Å². The monoisotopic (exact) mass is 338 g/mol. The van der Waals surface area contributed by atoms with Crippen LogP contribution in [0.4, 0.5) is 16.2 Å². The van der Waals surface area contributed by atoms with Crippen LogP contribution in [0.3, 0.4) is 0 Å². The third kappa shape index (κ3) is 4.18. The van der Waals surface area contributed by atoms with Gasteiger partial charge in [0.25, 0.3) is 5.91 Å². The van der Waals surface area contributed by atoms with Crippen molar-refractivity contribution in [2.24, 2.45) is 0 Å². The van der Waals surface area contributed by atoms with Gasteiger partial charge in [0.1, 0.15) is 0 Å². The quantitative estimate of drug-likeness (QED) is 0.869. The summed E-state index contributed by atoms with van der Waals surface area (Å²) in [5.74, 6) is -0.188. The molecule has 2 aromatic rings. The Hall–Kier alpha value is -2.82. The predicted molar refractivity (Wildman–Crippen MR) is 98.1 cm³/mol. The summed E-state index contributed by atoms with van der Waals surface area (Å²) in [5.41, 5.74) is 4.46. The van der Waals surface area contributed by atoms with Crippen LogP contribution >= 0.6 is 0 Å². The second-order valence-corrected chi connectivity index (χ2v) is 6.03. The lowest BCUT2D eigenvalue weighted by molar-refractivity contribution is 0.102. The largest absolute Gasteiger partial charge is 0.450 e. The summed E-state index contributed by atoms with van der Waals surface area (Å²) in [7, 11) is 0. The van der Waals surface area contributed by atoms with E-state index >= 15 is 0 Å². The first-order chi connectivity index (χ1) is 12.2. The van der Waals surface area contributed by atoms with Crippen LogP contribution in [-0.4, -0.2) is 18.6 Å². The average molecular weight is 338 g/mol. The van der Waals surface area contributed by atoms with Crippen LogP contribution in [-0.2, 0) is 17.6 Å². The number of carbonyl (C=O) groups excluding carboxylic acids is 2. The highest BCUT2D eigenvalue weighted by Gasteiger charge is 2.15. The minimum absolute atomic E-state index is 0.188. The Labute approximate surface area is 147 Å². The van der Waals surface area contributed by atoms with Gasteiger partial charge in [0, 0.05) is 16.9 Å². The van der Waals surface area contributed by atoms with E-state index in [2.05, 4.69) is 16.7 Å². The van der Waals surface area contributed by atoms with Gasteiger partial charge in [-0.1, -0.05) is 18.2 Å². The van der Waals surface area contributed by atoms with E-state index in [4.69, 9.17) is 4.74 Å². The molecule has 0 unspecified atom stereocenters. The number of hydrogen-bond acceptors (Lipinski definition) is 3. The molecule has 5 heteroatoms. The van der Waals surface area contributed by atoms with Crippen LogP contribution in [0, 0.1) is 0 Å². The topological polar surface area (TPSA) is 67.4 Å². The number of ether oxygens (including phenoxy) is 1. The molecule has 0 spiro atoms. The fraction of sp³-hybridized carbons (Fsp3) is 0.300. The molecule has 5 nitrogen and oxygen atoms in total. The van der Waals surface area contributed by atoms with Crippen molar-refractivity contribution in [1.82, 2.24) is 0 Å². The minimum Gasteiger partial charge on any atom is -0.450 e. The molecule has 25 heavy (non-hydrogen) atoms. The van der Waals surface area contributed by atoms with Gasteiger partial charge in [-0.15, -0.1) is 0 Å². The zero-order valence-electron chi connectivity index (χ0n) is 14.3. The third-order valence-electron chi connectivity index (χ3n) is 4.29. The van der Waals surface area contributed by atoms with Gasteiger partial charge in [0.15, 0.2) is 0 Å². The Bertz CT molecular complexity index is 786. The highest BCUT2D eigenvalue weighted by atomic mass is 16.5. The SMILES string of the molecule is CCOC(=O)Nc1cccc(C(=O)Nc2cccc3c2CCCC3)c1. The van der Waals surface area contributed by atoms with Crippen molar-refractivity contribution in [3.8, 4) is 0 Å². The van der Waals surface area contributed by atoms with Gasteiger partial charge in [0.2, 0.25) is 0 Å². The summed E-state index contributed by atoms with van der Waals surface area (Å²) >= 11 is 0. The number of hydrogen-bond donors (Lipinski definition) is 2. The van der Waals surface area contributed by atoms with Crippen molar-refractivity contribution in [2.45, 2.75) is 32.6 Å². The summed E-state index contributed by atoms with van der Waals surface area (Å²) in [6.45, 7) is 2.04. The molecule has 0 aromatic heterocycles. The Morgan fingerprint density at radius 2 is 1.84 bits per heavy atom. The second-order valence-electron chi connectivity index (χ2n) is 6.03. The maximum Gasteiger partial charge on any atom is 0.411 e. The van der Waals surface area contributed by atoms with E-state index in [-0.39, 0.29) is 5.91 Å². The lowest BCUT2D eigenvalue weighted by atomic mass is 9.90. The van der Waals surface area contributed by atoms with Crippen molar-refractivity contribution in [3.05, 3.63) is 59.2 Å². The summed E-state index contributed by atoms with van der Waals surface area (Å²) in [4.78, 5) is 24.1. The molecule has 3 rings (SSSR count). The van der Waals surface area contributed by atoms with Crippen LogP contribution in [0.2, 0.25) is 0 Å². The molecule has 0 saturated heterocycles. The highest BCUT2D eigenvalue weighted by molar-refractivity contribution is 6.05. The number of benzene rings is 2. The summed E-state index contributed by atoms with van der Waals surface area (Å²) < 4.78 is 4.85. The van der Waals surface area contributed by atoms with Gasteiger partial charge < -0.3 is 10.1 Å². The zero-order valence-corrected chi connectivity index (χ0v) is 14.3. The van der Waals surface area contributed by atoms with Crippen molar-refractivity contribution in [3.63, 3.8) is 0 Å². The molecule has 0 bridgehead atoms. The van der Waals surface area contributed by atoms with Crippen molar-refractivity contribution < 1.29 is 14.3 Å². The van der Waals surface area contributed by atoms with Crippen LogP contribution in [0.25, 0.3) is 0 Å².